The molecule has 0 aromatic heterocycles. The molecule has 1 saturated carbocycles. The molecule has 2 aliphatic rings. The first-order chi connectivity index (χ1) is 14.1. The Bertz CT molecular complexity index is 802. The molecular weight excluding hydrogens is 420 g/mol. The van der Waals surface area contributed by atoms with E-state index in [9.17, 15) is 9.11 Å². The molecule has 30 heavy (non-hydrogen) atoms. The lowest BCUT2D eigenvalue weighted by Crippen LogP contribution is -2.40. The Labute approximate surface area is 187 Å². The van der Waals surface area contributed by atoms with Gasteiger partial charge in [-0.15, -0.1) is 12.4 Å². The van der Waals surface area contributed by atoms with E-state index in [0.717, 1.165) is 18.7 Å². The van der Waals surface area contributed by atoms with E-state index in [-0.39, 0.29) is 12.4 Å². The largest absolute Gasteiger partial charge is 0.467 e. The molecule has 166 valence electrons. The Morgan fingerprint density at radius 3 is 2.40 bits per heavy atom. The highest BCUT2D eigenvalue weighted by molar-refractivity contribution is 8.26. The smallest absolute Gasteiger partial charge is 0.206 e. The van der Waals surface area contributed by atoms with Crippen molar-refractivity contribution in [3.63, 3.8) is 0 Å². The van der Waals surface area contributed by atoms with Gasteiger partial charge in [0, 0.05) is 12.5 Å². The second-order valence-corrected chi connectivity index (χ2v) is 10.1. The van der Waals surface area contributed by atoms with Crippen molar-refractivity contribution in [3.8, 4) is 5.75 Å². The normalized spacial score (nSPS) is 22.0. The summed E-state index contributed by atoms with van der Waals surface area (Å²) in [6, 6.07) is 17.8. The summed E-state index contributed by atoms with van der Waals surface area (Å²) in [6.07, 6.45) is 8.04. The standard InChI is InChI=1S/C23H32N2O3S.ClH/c1-24(19-11-4-2-5-12-19)18-10-17-23-28-22-16-9-8-15-21(22)25(29(23,26)27)20-13-6-3-7-14-20;/h3,6-9,13-16,19,23,26-27H,2,4-5,10-12,17-18H2,1H3;1H. The van der Waals surface area contributed by atoms with Crippen LogP contribution in [0.4, 0.5) is 11.4 Å². The molecule has 2 aromatic carbocycles. The van der Waals surface area contributed by atoms with Gasteiger partial charge in [-0.25, -0.2) is 4.31 Å². The summed E-state index contributed by atoms with van der Waals surface area (Å²) in [5.41, 5.74) is 0.833. The number of nitrogens with zero attached hydrogens (tertiary/aromatic N) is 2. The molecule has 1 atom stereocenters. The van der Waals surface area contributed by atoms with E-state index in [4.69, 9.17) is 4.74 Å². The Morgan fingerprint density at radius 1 is 1.00 bits per heavy atom. The highest BCUT2D eigenvalue weighted by Gasteiger charge is 2.41. The van der Waals surface area contributed by atoms with Crippen LogP contribution in [0.2, 0.25) is 0 Å². The van der Waals surface area contributed by atoms with Crippen molar-refractivity contribution in [1.82, 2.24) is 4.90 Å². The van der Waals surface area contributed by atoms with Crippen molar-refractivity contribution in [2.24, 2.45) is 0 Å². The first-order valence-electron chi connectivity index (χ1n) is 10.7. The maximum atomic E-state index is 11.2. The first kappa shape index (κ1) is 23.2. The average molecular weight is 453 g/mol. The number of hydrogen-bond donors (Lipinski definition) is 2. The second-order valence-electron chi connectivity index (χ2n) is 8.12. The van der Waals surface area contributed by atoms with Crippen molar-refractivity contribution in [2.75, 3.05) is 17.9 Å². The van der Waals surface area contributed by atoms with Gasteiger partial charge in [0.1, 0.15) is 11.4 Å². The van der Waals surface area contributed by atoms with Crippen LogP contribution in [0.15, 0.2) is 54.6 Å². The quantitative estimate of drug-likeness (QED) is 0.512. The fraction of sp³-hybridized carbons (Fsp3) is 0.478. The number of ether oxygens (including phenoxy) is 1. The van der Waals surface area contributed by atoms with Gasteiger partial charge in [-0.1, -0.05) is 60.4 Å². The molecule has 2 N–H and O–H groups in total. The second kappa shape index (κ2) is 10.2. The summed E-state index contributed by atoms with van der Waals surface area (Å²) in [6.45, 7) is 0.951. The molecule has 2 aromatic rings. The van der Waals surface area contributed by atoms with Gasteiger partial charge in [-0.05, 0) is 57.1 Å². The van der Waals surface area contributed by atoms with E-state index in [2.05, 4.69) is 11.9 Å². The Kier molecular flexibility index (Phi) is 7.93. The van der Waals surface area contributed by atoms with Crippen molar-refractivity contribution in [3.05, 3.63) is 54.6 Å². The first-order valence-corrected chi connectivity index (χ1v) is 12.2. The van der Waals surface area contributed by atoms with Crippen molar-refractivity contribution in [1.29, 1.82) is 0 Å². The molecule has 4 rings (SSSR count). The molecule has 7 heteroatoms. The van der Waals surface area contributed by atoms with Crippen LogP contribution in [0, 0.1) is 0 Å². The molecule has 0 radical (unpaired) electrons. The summed E-state index contributed by atoms with van der Waals surface area (Å²) in [7, 11) is -0.965. The van der Waals surface area contributed by atoms with Gasteiger partial charge in [0.15, 0.2) is 0 Å². The van der Waals surface area contributed by atoms with Crippen LogP contribution in [0.5, 0.6) is 5.75 Å². The van der Waals surface area contributed by atoms with Gasteiger partial charge in [0.2, 0.25) is 5.44 Å². The lowest BCUT2D eigenvalue weighted by atomic mass is 9.94. The fourth-order valence-corrected chi connectivity index (χ4v) is 6.30. The van der Waals surface area contributed by atoms with Crippen LogP contribution in [-0.2, 0) is 0 Å². The average Bonchev–Trinajstić information content (AvgIpc) is 2.75. The molecule has 1 fully saturated rings. The molecule has 1 unspecified atom stereocenters. The topological polar surface area (TPSA) is 56.2 Å². The van der Waals surface area contributed by atoms with E-state index < -0.39 is 16.2 Å². The van der Waals surface area contributed by atoms with Gasteiger partial charge in [-0.3, -0.25) is 9.11 Å². The summed E-state index contributed by atoms with van der Waals surface area (Å²) < 4.78 is 30.2. The Morgan fingerprint density at radius 2 is 1.67 bits per heavy atom. The number of rotatable bonds is 6. The minimum atomic E-state index is -3.16. The highest BCUT2D eigenvalue weighted by atomic mass is 35.5. The van der Waals surface area contributed by atoms with E-state index in [1.165, 1.54) is 32.1 Å². The third-order valence-corrected chi connectivity index (χ3v) is 8.09. The number of halogens is 1. The van der Waals surface area contributed by atoms with Gasteiger partial charge in [0.05, 0.1) is 5.69 Å². The molecule has 0 bridgehead atoms. The van der Waals surface area contributed by atoms with E-state index in [1.807, 2.05) is 54.6 Å². The van der Waals surface area contributed by atoms with Crippen molar-refractivity contribution in [2.45, 2.75) is 56.4 Å². The fourth-order valence-electron chi connectivity index (χ4n) is 4.48. The zero-order chi connectivity index (χ0) is 20.3. The lowest BCUT2D eigenvalue weighted by molar-refractivity contribution is 0.176. The molecule has 1 aliphatic heterocycles. The number of para-hydroxylation sites is 3. The van der Waals surface area contributed by atoms with Crippen LogP contribution in [0.1, 0.15) is 44.9 Å². The number of fused-ring (bicyclic) bond motifs is 1. The predicted molar refractivity (Wildman–Crippen MR) is 128 cm³/mol. The number of benzene rings is 2. The van der Waals surface area contributed by atoms with Crippen molar-refractivity contribution >= 4 is 34.6 Å². The summed E-state index contributed by atoms with van der Waals surface area (Å²) in [5.74, 6) is 0.702. The summed E-state index contributed by atoms with van der Waals surface area (Å²) in [5, 5.41) is 0. The third kappa shape index (κ3) is 4.89. The molecule has 1 heterocycles. The maximum Gasteiger partial charge on any atom is 0.206 e. The monoisotopic (exact) mass is 452 g/mol. The van der Waals surface area contributed by atoms with Crippen LogP contribution in [0.25, 0.3) is 0 Å². The summed E-state index contributed by atoms with van der Waals surface area (Å²) >= 11 is 0. The van der Waals surface area contributed by atoms with Gasteiger partial charge < -0.3 is 9.64 Å². The van der Waals surface area contributed by atoms with Crippen LogP contribution >= 0.6 is 23.2 Å². The van der Waals surface area contributed by atoms with Crippen LogP contribution in [0.3, 0.4) is 0 Å². The predicted octanol–water partition coefficient (Wildman–Crippen LogP) is 6.68. The Hall–Kier alpha value is -1.44. The Balaban J connectivity index is 0.00000256. The molecule has 0 amide bonds. The molecule has 1 aliphatic carbocycles. The summed E-state index contributed by atoms with van der Waals surface area (Å²) in [4.78, 5) is 2.44. The highest BCUT2D eigenvalue weighted by Crippen LogP contribution is 2.61. The molecular formula is C23H33ClN2O3S. The number of anilines is 2. The van der Waals surface area contributed by atoms with E-state index in [0.29, 0.717) is 23.9 Å². The van der Waals surface area contributed by atoms with Crippen LogP contribution in [-0.4, -0.2) is 39.1 Å². The molecule has 0 saturated heterocycles. The number of hydrogen-bond acceptors (Lipinski definition) is 5. The third-order valence-electron chi connectivity index (χ3n) is 6.10. The van der Waals surface area contributed by atoms with Crippen LogP contribution < -0.4 is 9.04 Å². The minimum absolute atomic E-state index is 0. The van der Waals surface area contributed by atoms with Gasteiger partial charge >= 0.3 is 0 Å². The van der Waals surface area contributed by atoms with Crippen molar-refractivity contribution < 1.29 is 13.8 Å². The van der Waals surface area contributed by atoms with Gasteiger partial charge in [-0.2, -0.15) is 0 Å². The molecule has 0 spiro atoms. The van der Waals surface area contributed by atoms with Gasteiger partial charge in [0.25, 0.3) is 0 Å². The van der Waals surface area contributed by atoms with E-state index >= 15 is 0 Å². The zero-order valence-corrected chi connectivity index (χ0v) is 19.2. The van der Waals surface area contributed by atoms with E-state index in [1.54, 1.807) is 4.31 Å². The minimum Gasteiger partial charge on any atom is -0.467 e. The SMILES string of the molecule is CN(CCCC1Oc2ccccc2N(c2ccccc2)S1(O)O)C1CCCCC1.Cl. The lowest BCUT2D eigenvalue weighted by Gasteiger charge is -2.52. The molecule has 5 nitrogen and oxygen atoms in total. The maximum absolute atomic E-state index is 11.2. The zero-order valence-electron chi connectivity index (χ0n) is 17.5.